The van der Waals surface area contributed by atoms with Gasteiger partial charge in [0.15, 0.2) is 0 Å². The molecule has 2 heterocycles. The Balaban J connectivity index is 1.49. The molecule has 3 aromatic carbocycles. The Labute approximate surface area is 201 Å². The maximum Gasteiger partial charge on any atom is 0.392 e. The molecule has 0 aliphatic carbocycles. The fourth-order valence-electron chi connectivity index (χ4n) is 2.85. The maximum atomic E-state index is 6.34. The number of hydrogen-bond acceptors (Lipinski definition) is 8. The molecule has 0 bridgehead atoms. The van der Waals surface area contributed by atoms with E-state index in [0.29, 0.717) is 37.9 Å². The van der Waals surface area contributed by atoms with Crippen molar-refractivity contribution in [3.63, 3.8) is 0 Å². The summed E-state index contributed by atoms with van der Waals surface area (Å²) in [4.78, 5) is 2.57. The van der Waals surface area contributed by atoms with Crippen molar-refractivity contribution < 1.29 is 9.25 Å². The molecular formula is C19H13Cl2N6O2PS2. The van der Waals surface area contributed by atoms with Crippen LogP contribution in [0.3, 0.4) is 0 Å². The first-order valence-corrected chi connectivity index (χ1v) is 14.2. The molecule has 0 amide bonds. The van der Waals surface area contributed by atoms with Gasteiger partial charge in [0.05, 0.1) is 0 Å². The highest BCUT2D eigenvalue weighted by molar-refractivity contribution is 8.67. The van der Waals surface area contributed by atoms with Gasteiger partial charge in [-0.3, -0.25) is 0 Å². The van der Waals surface area contributed by atoms with Gasteiger partial charge >= 0.3 is 5.69 Å². The smallest absolute Gasteiger partial charge is 0.316 e. The maximum absolute atomic E-state index is 6.34. The minimum absolute atomic E-state index is 0.423. The third-order valence-corrected chi connectivity index (χ3v) is 9.53. The van der Waals surface area contributed by atoms with Crippen molar-refractivity contribution in [2.75, 3.05) is 0 Å². The summed E-state index contributed by atoms with van der Waals surface area (Å²) in [6.45, 7) is 0. The number of benzene rings is 3. The van der Waals surface area contributed by atoms with E-state index < -0.39 is 5.69 Å². The summed E-state index contributed by atoms with van der Waals surface area (Å²) in [6.07, 6.45) is 0. The van der Waals surface area contributed by atoms with Crippen molar-refractivity contribution >= 4 is 74.2 Å². The first-order chi connectivity index (χ1) is 15.5. The molecule has 162 valence electrons. The highest BCUT2D eigenvalue weighted by Crippen LogP contribution is 2.57. The summed E-state index contributed by atoms with van der Waals surface area (Å²) >= 11 is 19.5. The Morgan fingerprint density at radius 2 is 1.41 bits per heavy atom. The van der Waals surface area contributed by atoms with Crippen LogP contribution in [0.4, 0.5) is 0 Å². The molecule has 0 atom stereocenters. The molecule has 0 unspecified atom stereocenters. The van der Waals surface area contributed by atoms with Crippen molar-refractivity contribution in [3.8, 4) is 0 Å². The Morgan fingerprint density at radius 1 is 0.844 bits per heavy atom. The fourth-order valence-corrected chi connectivity index (χ4v) is 7.11. The molecule has 5 aromatic rings. The predicted molar refractivity (Wildman–Crippen MR) is 130 cm³/mol. The van der Waals surface area contributed by atoms with Crippen LogP contribution >= 0.6 is 40.3 Å². The van der Waals surface area contributed by atoms with E-state index in [1.54, 1.807) is 12.1 Å². The minimum atomic E-state index is -3.12. The van der Waals surface area contributed by atoms with Crippen LogP contribution in [0.2, 0.25) is 10.0 Å². The number of para-hydroxylation sites is 2. The highest BCUT2D eigenvalue weighted by atomic mass is 35.5. The molecule has 13 heteroatoms. The number of rotatable bonds is 7. The van der Waals surface area contributed by atoms with Crippen molar-refractivity contribution in [1.82, 2.24) is 30.3 Å². The second-order valence-electron chi connectivity index (χ2n) is 6.52. The third-order valence-electron chi connectivity index (χ3n) is 4.39. The molecule has 0 aliphatic heterocycles. The number of halogens is 2. The number of aromatic nitrogens is 6. The van der Waals surface area contributed by atoms with E-state index in [-0.39, 0.29) is 0 Å². The minimum Gasteiger partial charge on any atom is -0.316 e. The quantitative estimate of drug-likeness (QED) is 0.270. The zero-order valence-electron chi connectivity index (χ0n) is 16.1. The lowest BCUT2D eigenvalue weighted by Gasteiger charge is -2.21. The van der Waals surface area contributed by atoms with E-state index in [1.807, 2.05) is 54.6 Å². The van der Waals surface area contributed by atoms with Crippen molar-refractivity contribution in [2.24, 2.45) is 0 Å². The first kappa shape index (κ1) is 21.5. The Bertz CT molecular complexity index is 1400. The van der Waals surface area contributed by atoms with Crippen LogP contribution in [0.25, 0.3) is 22.1 Å². The van der Waals surface area contributed by atoms with Crippen molar-refractivity contribution in [1.29, 1.82) is 0 Å². The van der Waals surface area contributed by atoms with Gasteiger partial charge in [-0.25, -0.2) is 0 Å². The van der Waals surface area contributed by atoms with Crippen molar-refractivity contribution in [2.45, 2.75) is 5.75 Å². The van der Waals surface area contributed by atoms with Crippen LogP contribution in [0.15, 0.2) is 66.7 Å². The molecule has 0 aliphatic rings. The molecule has 2 aromatic heterocycles. The molecular weight excluding hydrogens is 510 g/mol. The lowest BCUT2D eigenvalue weighted by atomic mass is 10.2. The summed E-state index contributed by atoms with van der Waals surface area (Å²) < 4.78 is 12.2. The summed E-state index contributed by atoms with van der Waals surface area (Å²) in [5, 5.41) is 17.5. The van der Waals surface area contributed by atoms with Gasteiger partial charge in [0.1, 0.15) is 22.1 Å². The molecule has 0 spiro atoms. The Morgan fingerprint density at radius 3 is 1.97 bits per heavy atom. The number of fused-ring (bicyclic) bond motifs is 2. The van der Waals surface area contributed by atoms with Gasteiger partial charge in [-0.15, -0.1) is 10.2 Å². The van der Waals surface area contributed by atoms with E-state index in [4.69, 9.17) is 44.3 Å². The molecule has 0 saturated carbocycles. The van der Waals surface area contributed by atoms with Gasteiger partial charge in [-0.05, 0) is 63.8 Å². The molecule has 0 N–H and O–H groups in total. The van der Waals surface area contributed by atoms with Gasteiger partial charge in [-0.1, -0.05) is 63.2 Å². The number of nitrogens with zero attached hydrogens (tertiary/aromatic N) is 6. The van der Waals surface area contributed by atoms with Crippen LogP contribution in [-0.2, 0) is 17.6 Å². The normalized spacial score (nSPS) is 11.8. The van der Waals surface area contributed by atoms with E-state index >= 15 is 0 Å². The number of hydrogen-bond donors (Lipinski definition) is 0. The predicted octanol–water partition coefficient (Wildman–Crippen LogP) is 5.20. The average molecular weight is 523 g/mol. The van der Waals surface area contributed by atoms with Crippen LogP contribution < -0.4 is 9.25 Å². The summed E-state index contributed by atoms with van der Waals surface area (Å²) in [7, 11) is 0. The van der Waals surface area contributed by atoms with Gasteiger partial charge in [0.2, 0.25) is 0 Å². The van der Waals surface area contributed by atoms with Gasteiger partial charge in [-0.2, -0.15) is 0 Å². The lowest BCUT2D eigenvalue weighted by Crippen LogP contribution is -2.18. The Hall–Kier alpha value is -2.36. The second-order valence-corrected chi connectivity index (χ2v) is 13.5. The molecule has 0 fully saturated rings. The fraction of sp³-hybridized carbons (Fsp3) is 0.0526. The van der Waals surface area contributed by atoms with Crippen LogP contribution in [-0.4, -0.2) is 30.3 Å². The van der Waals surface area contributed by atoms with Crippen molar-refractivity contribution in [3.05, 3.63) is 82.3 Å². The molecule has 32 heavy (non-hydrogen) atoms. The van der Waals surface area contributed by atoms with Crippen LogP contribution in [0, 0.1) is 0 Å². The van der Waals surface area contributed by atoms with Crippen LogP contribution in [0.5, 0.6) is 0 Å². The monoisotopic (exact) mass is 522 g/mol. The van der Waals surface area contributed by atoms with E-state index in [2.05, 4.69) is 20.6 Å². The average Bonchev–Trinajstić information content (AvgIpc) is 3.38. The van der Waals surface area contributed by atoms with E-state index in [9.17, 15) is 0 Å². The summed E-state index contributed by atoms with van der Waals surface area (Å²) in [6, 6.07) is 20.1. The second kappa shape index (κ2) is 8.88. The molecule has 5 rings (SSSR count). The standard InChI is InChI=1S/C19H13Cl2N6O2PS2/c20-14-10-9-13(15(21)11-14)12-32-30(31,28-26-18-7-3-1-5-16(18)22-24-26)29-27-19-8-4-2-6-17(19)23-25-27/h1-11H,12H2. The van der Waals surface area contributed by atoms with E-state index in [1.165, 1.54) is 21.1 Å². The molecule has 0 radical (unpaired) electrons. The largest absolute Gasteiger partial charge is 0.392 e. The highest BCUT2D eigenvalue weighted by Gasteiger charge is 2.29. The van der Waals surface area contributed by atoms with Gasteiger partial charge < -0.3 is 9.25 Å². The summed E-state index contributed by atoms with van der Waals surface area (Å²) in [5.74, 6) is 0.423. The summed E-state index contributed by atoms with van der Waals surface area (Å²) in [5.41, 5.74) is 0.394. The van der Waals surface area contributed by atoms with Gasteiger partial charge in [0, 0.05) is 27.6 Å². The molecule has 0 saturated heterocycles. The SMILES string of the molecule is S=P(On1nnc2ccccc21)(On1nnc2ccccc21)SCc1ccc(Cl)cc1Cl. The third kappa shape index (κ3) is 4.42. The van der Waals surface area contributed by atoms with Gasteiger partial charge in [0.25, 0.3) is 0 Å². The molecule has 8 nitrogen and oxygen atoms in total. The van der Waals surface area contributed by atoms with E-state index in [0.717, 1.165) is 5.56 Å². The Kier molecular flexibility index (Phi) is 5.96. The zero-order valence-corrected chi connectivity index (χ0v) is 20.1. The first-order valence-electron chi connectivity index (χ1n) is 9.20. The van der Waals surface area contributed by atoms with Crippen LogP contribution in [0.1, 0.15) is 5.56 Å². The lowest BCUT2D eigenvalue weighted by molar-refractivity contribution is 0.187. The zero-order chi connectivity index (χ0) is 22.1. The topological polar surface area (TPSA) is 79.9 Å².